The summed E-state index contributed by atoms with van der Waals surface area (Å²) in [5.41, 5.74) is 3.04. The van der Waals surface area contributed by atoms with E-state index in [9.17, 15) is 14.0 Å². The van der Waals surface area contributed by atoms with E-state index in [4.69, 9.17) is 4.74 Å². The van der Waals surface area contributed by atoms with Crippen molar-refractivity contribution in [3.8, 4) is 5.75 Å². The topological polar surface area (TPSA) is 93.2 Å². The predicted octanol–water partition coefficient (Wildman–Crippen LogP) is 4.75. The van der Waals surface area contributed by atoms with E-state index < -0.39 is 5.91 Å². The lowest BCUT2D eigenvalue weighted by atomic mass is 10.1. The summed E-state index contributed by atoms with van der Waals surface area (Å²) in [5, 5.41) is 14.1. The van der Waals surface area contributed by atoms with Crippen molar-refractivity contribution in [1.82, 2.24) is 15.5 Å². The number of halogens is 1. The number of aryl methyl sites for hydroxylation is 1. The van der Waals surface area contributed by atoms with Gasteiger partial charge < -0.3 is 15.4 Å². The Bertz CT molecular complexity index is 1290. The largest absolute Gasteiger partial charge is 0.486 e. The number of amides is 2. The zero-order chi connectivity index (χ0) is 23.9. The molecule has 0 unspecified atom stereocenters. The van der Waals surface area contributed by atoms with Crippen LogP contribution in [0.25, 0.3) is 0 Å². The lowest BCUT2D eigenvalue weighted by molar-refractivity contribution is 0.0949. The smallest absolute Gasteiger partial charge is 0.286 e. The Labute approximate surface area is 199 Å². The van der Waals surface area contributed by atoms with Crippen LogP contribution in [0.2, 0.25) is 0 Å². The molecule has 4 aromatic rings. The molecule has 172 valence electrons. The quantitative estimate of drug-likeness (QED) is 0.383. The average Bonchev–Trinajstić information content (AvgIpc) is 3.33. The van der Waals surface area contributed by atoms with E-state index >= 15 is 0 Å². The van der Waals surface area contributed by atoms with Crippen LogP contribution in [-0.4, -0.2) is 22.0 Å². The minimum Gasteiger partial charge on any atom is -0.486 e. The highest BCUT2D eigenvalue weighted by atomic mass is 32.1. The minimum atomic E-state index is -0.442. The van der Waals surface area contributed by atoms with Crippen LogP contribution in [0.1, 0.15) is 36.3 Å². The molecule has 3 aromatic carbocycles. The molecule has 0 aliphatic carbocycles. The van der Waals surface area contributed by atoms with Crippen LogP contribution in [0.3, 0.4) is 0 Å². The highest BCUT2D eigenvalue weighted by molar-refractivity contribution is 7.13. The summed E-state index contributed by atoms with van der Waals surface area (Å²) in [4.78, 5) is 25.1. The molecule has 1 aromatic heterocycles. The van der Waals surface area contributed by atoms with Gasteiger partial charge in [0.05, 0.1) is 0 Å². The van der Waals surface area contributed by atoms with Crippen LogP contribution in [0, 0.1) is 12.7 Å². The second kappa shape index (κ2) is 10.7. The maximum Gasteiger partial charge on any atom is 0.286 e. The van der Waals surface area contributed by atoms with Gasteiger partial charge in [0, 0.05) is 17.8 Å². The second-order valence-electron chi connectivity index (χ2n) is 7.45. The monoisotopic (exact) mass is 476 g/mol. The number of anilines is 1. The Hall–Kier alpha value is -4.11. The Morgan fingerprint density at radius 1 is 0.971 bits per heavy atom. The van der Waals surface area contributed by atoms with Gasteiger partial charge in [-0.3, -0.25) is 9.59 Å². The molecule has 0 spiro atoms. The summed E-state index contributed by atoms with van der Waals surface area (Å²) in [5.74, 6) is -0.550. The van der Waals surface area contributed by atoms with Crippen molar-refractivity contribution in [1.29, 1.82) is 0 Å². The van der Waals surface area contributed by atoms with E-state index in [1.54, 1.807) is 24.3 Å². The van der Waals surface area contributed by atoms with Gasteiger partial charge in [-0.25, -0.2) is 4.39 Å². The lowest BCUT2D eigenvalue weighted by Gasteiger charge is -2.08. The van der Waals surface area contributed by atoms with Gasteiger partial charge in [0.1, 0.15) is 18.2 Å². The highest BCUT2D eigenvalue weighted by Crippen LogP contribution is 2.18. The molecule has 9 heteroatoms. The number of hydrogen-bond acceptors (Lipinski definition) is 6. The van der Waals surface area contributed by atoms with Crippen LogP contribution in [0.5, 0.6) is 5.75 Å². The fourth-order valence-electron chi connectivity index (χ4n) is 2.99. The standard InChI is InChI=1S/C25H21FN4O3S/c1-16-5-7-17(8-6-16)14-27-23(31)18-3-2-4-20(13-18)28-24(32)25-30-29-22(34-25)15-33-21-11-9-19(26)10-12-21/h2-13H,14-15H2,1H3,(H,27,31)(H,28,32). The molecule has 0 aliphatic rings. The fraction of sp³-hybridized carbons (Fsp3) is 0.120. The minimum absolute atomic E-state index is 0.104. The number of carbonyl (C=O) groups excluding carboxylic acids is 2. The van der Waals surface area contributed by atoms with Crippen molar-refractivity contribution in [2.75, 3.05) is 5.32 Å². The molecule has 0 saturated carbocycles. The van der Waals surface area contributed by atoms with Crippen molar-refractivity contribution in [3.05, 3.63) is 105 Å². The van der Waals surface area contributed by atoms with E-state index in [0.29, 0.717) is 28.6 Å². The molecule has 0 saturated heterocycles. The molecule has 34 heavy (non-hydrogen) atoms. The maximum absolute atomic E-state index is 13.0. The first-order valence-corrected chi connectivity index (χ1v) is 11.2. The van der Waals surface area contributed by atoms with Gasteiger partial charge in [0.15, 0.2) is 5.01 Å². The van der Waals surface area contributed by atoms with Crippen molar-refractivity contribution < 1.29 is 18.7 Å². The Kier molecular flexibility index (Phi) is 7.24. The van der Waals surface area contributed by atoms with E-state index in [1.807, 2.05) is 31.2 Å². The summed E-state index contributed by atoms with van der Waals surface area (Å²) < 4.78 is 18.5. The van der Waals surface area contributed by atoms with Crippen LogP contribution in [0.4, 0.5) is 10.1 Å². The third kappa shape index (κ3) is 6.23. The molecule has 2 amide bonds. The Morgan fingerprint density at radius 3 is 2.50 bits per heavy atom. The van der Waals surface area contributed by atoms with Crippen molar-refractivity contribution >= 4 is 28.8 Å². The van der Waals surface area contributed by atoms with Crippen molar-refractivity contribution in [3.63, 3.8) is 0 Å². The van der Waals surface area contributed by atoms with Crippen molar-refractivity contribution in [2.45, 2.75) is 20.1 Å². The predicted molar refractivity (Wildman–Crippen MR) is 127 cm³/mol. The third-order valence-electron chi connectivity index (χ3n) is 4.79. The van der Waals surface area contributed by atoms with Gasteiger partial charge in [-0.1, -0.05) is 47.2 Å². The molecule has 0 fully saturated rings. The highest BCUT2D eigenvalue weighted by Gasteiger charge is 2.15. The van der Waals surface area contributed by atoms with Crippen LogP contribution in [0.15, 0.2) is 72.8 Å². The number of nitrogens with one attached hydrogen (secondary N) is 2. The van der Waals surface area contributed by atoms with Gasteiger partial charge >= 0.3 is 0 Å². The third-order valence-corrected chi connectivity index (χ3v) is 5.69. The Balaban J connectivity index is 1.32. The van der Waals surface area contributed by atoms with E-state index in [1.165, 1.54) is 24.3 Å². The molecule has 0 radical (unpaired) electrons. The number of benzene rings is 3. The maximum atomic E-state index is 13.0. The van der Waals surface area contributed by atoms with E-state index in [0.717, 1.165) is 22.5 Å². The fourth-order valence-corrected chi connectivity index (χ4v) is 3.64. The summed E-state index contributed by atoms with van der Waals surface area (Å²) in [6.07, 6.45) is 0. The summed E-state index contributed by atoms with van der Waals surface area (Å²) >= 11 is 1.09. The van der Waals surface area contributed by atoms with E-state index in [-0.39, 0.29) is 23.3 Å². The molecule has 4 rings (SSSR count). The Morgan fingerprint density at radius 2 is 1.74 bits per heavy atom. The molecule has 2 N–H and O–H groups in total. The molecular weight excluding hydrogens is 455 g/mol. The molecule has 1 heterocycles. The zero-order valence-electron chi connectivity index (χ0n) is 18.2. The van der Waals surface area contributed by atoms with Gasteiger partial charge in [-0.2, -0.15) is 0 Å². The number of nitrogens with zero attached hydrogens (tertiary/aromatic N) is 2. The molecule has 0 aliphatic heterocycles. The first kappa shape index (κ1) is 23.1. The molecule has 7 nitrogen and oxygen atoms in total. The van der Waals surface area contributed by atoms with Gasteiger partial charge in [0.2, 0.25) is 5.01 Å². The van der Waals surface area contributed by atoms with E-state index in [2.05, 4.69) is 20.8 Å². The number of ether oxygens (including phenoxy) is 1. The molecule has 0 atom stereocenters. The first-order chi connectivity index (χ1) is 16.5. The number of carbonyl (C=O) groups is 2. The zero-order valence-corrected chi connectivity index (χ0v) is 19.1. The number of hydrogen-bond donors (Lipinski definition) is 2. The van der Waals surface area contributed by atoms with Gasteiger partial charge in [0.25, 0.3) is 11.8 Å². The van der Waals surface area contributed by atoms with Crippen LogP contribution < -0.4 is 15.4 Å². The SMILES string of the molecule is Cc1ccc(CNC(=O)c2cccc(NC(=O)c3nnc(COc4ccc(F)cc4)s3)c2)cc1. The lowest BCUT2D eigenvalue weighted by Crippen LogP contribution is -2.23. The summed E-state index contributed by atoms with van der Waals surface area (Å²) in [6.45, 7) is 2.52. The van der Waals surface area contributed by atoms with Crippen LogP contribution in [-0.2, 0) is 13.2 Å². The number of rotatable bonds is 8. The molecular formula is C25H21FN4O3S. The van der Waals surface area contributed by atoms with Gasteiger partial charge in [-0.05, 0) is 55.0 Å². The average molecular weight is 477 g/mol. The van der Waals surface area contributed by atoms with Gasteiger partial charge in [-0.15, -0.1) is 10.2 Å². The normalized spacial score (nSPS) is 10.5. The second-order valence-corrected chi connectivity index (χ2v) is 8.51. The first-order valence-electron chi connectivity index (χ1n) is 10.4. The molecule has 0 bridgehead atoms. The summed E-state index contributed by atoms with van der Waals surface area (Å²) in [7, 11) is 0. The number of aromatic nitrogens is 2. The van der Waals surface area contributed by atoms with Crippen LogP contribution >= 0.6 is 11.3 Å². The summed E-state index contributed by atoms with van der Waals surface area (Å²) in [6, 6.07) is 20.2. The van der Waals surface area contributed by atoms with Crippen molar-refractivity contribution in [2.24, 2.45) is 0 Å².